The third-order valence-electron chi connectivity index (χ3n) is 8.04. The Labute approximate surface area is 306 Å². The number of aryl methyl sites for hydroxylation is 1. The Morgan fingerprint density at radius 3 is 2.32 bits per heavy atom. The topological polar surface area (TPSA) is 191 Å². The molecule has 0 spiro atoms. The number of aromatic nitrogens is 5. The maximum atomic E-state index is 13.1. The quantitative estimate of drug-likeness (QED) is 0.0895. The Morgan fingerprint density at radius 1 is 1.00 bits per heavy atom. The molecule has 15 nitrogen and oxygen atoms in total. The molecule has 2 heterocycles. The van der Waals surface area contributed by atoms with Gasteiger partial charge in [-0.25, -0.2) is 4.79 Å². The zero-order valence-electron chi connectivity index (χ0n) is 28.5. The van der Waals surface area contributed by atoms with Gasteiger partial charge in [0.15, 0.2) is 6.61 Å². The molecule has 2 amide bonds. The summed E-state index contributed by atoms with van der Waals surface area (Å²) >= 11 is 6.02. The largest absolute Gasteiger partial charge is 0.467 e. The first kappa shape index (κ1) is 38.5. The molecule has 0 unspecified atom stereocenters. The number of halogens is 4. The zero-order valence-corrected chi connectivity index (χ0v) is 29.3. The molecule has 1 aliphatic carbocycles. The van der Waals surface area contributed by atoms with Crippen LogP contribution in [0.2, 0.25) is 5.02 Å². The van der Waals surface area contributed by atoms with Crippen molar-refractivity contribution in [2.45, 2.75) is 49.9 Å². The number of ketones is 1. The van der Waals surface area contributed by atoms with Gasteiger partial charge in [-0.15, -0.1) is 0 Å². The summed E-state index contributed by atoms with van der Waals surface area (Å²) in [5.74, 6) is -3.24. The summed E-state index contributed by atoms with van der Waals surface area (Å²) < 4.78 is 50.0. The van der Waals surface area contributed by atoms with Crippen LogP contribution < -0.4 is 26.0 Å². The maximum absolute atomic E-state index is 13.1. The minimum Gasteiger partial charge on any atom is -0.467 e. The van der Waals surface area contributed by atoms with Gasteiger partial charge in [-0.1, -0.05) is 23.7 Å². The fraction of sp³-hybridized carbons (Fsp3) is 0.353. The summed E-state index contributed by atoms with van der Waals surface area (Å²) in [6, 6.07) is 11.1. The van der Waals surface area contributed by atoms with E-state index in [1.807, 2.05) is 12.1 Å². The summed E-state index contributed by atoms with van der Waals surface area (Å²) in [6.45, 7) is -1.41. The SMILES string of the molecule is COC(=O)[C@H](CCC(=O)C(=O)NCCc1cnn(C)c1)NC(=O)c1ccc(Nc2nc(NC3(c4ccc(Cl)cc4)CC3)nc(OCC(F)(F)F)n2)cc1. The van der Waals surface area contributed by atoms with E-state index < -0.39 is 53.9 Å². The average Bonchev–Trinajstić information content (AvgIpc) is 3.78. The van der Waals surface area contributed by atoms with Crippen molar-refractivity contribution >= 4 is 52.8 Å². The number of Topliss-reactive ketones (excluding diaryl/α,β-unsaturated/α-hetero) is 1. The molecule has 1 saturated carbocycles. The van der Waals surface area contributed by atoms with Crippen LogP contribution >= 0.6 is 11.6 Å². The van der Waals surface area contributed by atoms with Gasteiger partial charge in [-0.2, -0.15) is 33.2 Å². The lowest BCUT2D eigenvalue weighted by Crippen LogP contribution is -2.42. The zero-order chi connectivity index (χ0) is 38.2. The van der Waals surface area contributed by atoms with E-state index in [0.29, 0.717) is 30.0 Å². The minimum atomic E-state index is -4.64. The number of nitrogens with one attached hydrogen (secondary N) is 4. The second-order valence-corrected chi connectivity index (χ2v) is 12.6. The van der Waals surface area contributed by atoms with E-state index in [9.17, 15) is 32.3 Å². The van der Waals surface area contributed by atoms with Crippen molar-refractivity contribution in [3.8, 4) is 6.01 Å². The first-order valence-electron chi connectivity index (χ1n) is 16.3. The average molecular weight is 758 g/mol. The molecule has 1 aliphatic rings. The highest BCUT2D eigenvalue weighted by molar-refractivity contribution is 6.36. The number of rotatable bonds is 17. The van der Waals surface area contributed by atoms with Crippen LogP contribution in [0.3, 0.4) is 0 Å². The maximum Gasteiger partial charge on any atom is 0.422 e. The predicted molar refractivity (Wildman–Crippen MR) is 185 cm³/mol. The molecule has 5 rings (SSSR count). The molecule has 0 saturated heterocycles. The van der Waals surface area contributed by atoms with Crippen LogP contribution in [0.1, 0.15) is 47.2 Å². The highest BCUT2D eigenvalue weighted by atomic mass is 35.5. The first-order valence-corrected chi connectivity index (χ1v) is 16.6. The summed E-state index contributed by atoms with van der Waals surface area (Å²) in [5.41, 5.74) is 1.69. The standard InChI is InChI=1S/C34H35ClF3N9O6/c1-47-18-20(17-40-47)13-16-39-28(50)26(48)12-11-25(29(51)52-2)42-27(49)21-3-9-24(10-4-21)41-30-43-31(45-32(44-30)53-19-34(36,37)38)46-33(14-15-33)22-5-7-23(35)8-6-22/h3-10,17-18,25H,11-16,19H2,1-2H3,(H,39,50)(H,42,49)(H2,41,43,44,45,46)/t25-/m0/s1. The van der Waals surface area contributed by atoms with Crippen LogP contribution in [0.4, 0.5) is 30.8 Å². The Balaban J connectivity index is 1.20. The second kappa shape index (κ2) is 16.7. The lowest BCUT2D eigenvalue weighted by Gasteiger charge is -2.19. The third-order valence-corrected chi connectivity index (χ3v) is 8.29. The van der Waals surface area contributed by atoms with Crippen LogP contribution in [0.5, 0.6) is 6.01 Å². The van der Waals surface area contributed by atoms with Crippen LogP contribution in [0, 0.1) is 0 Å². The summed E-state index contributed by atoms with van der Waals surface area (Å²) in [7, 11) is 2.88. The monoisotopic (exact) mass is 757 g/mol. The molecule has 19 heteroatoms. The van der Waals surface area contributed by atoms with Crippen LogP contribution in [-0.4, -0.2) is 80.8 Å². The van der Waals surface area contributed by atoms with Gasteiger partial charge >= 0.3 is 18.2 Å². The number of hydrogen-bond acceptors (Lipinski definition) is 12. The molecule has 0 radical (unpaired) electrons. The highest BCUT2D eigenvalue weighted by Crippen LogP contribution is 2.48. The van der Waals surface area contributed by atoms with Gasteiger partial charge in [0, 0.05) is 42.5 Å². The lowest BCUT2D eigenvalue weighted by molar-refractivity contribution is -0.154. The first-order chi connectivity index (χ1) is 25.2. The van der Waals surface area contributed by atoms with Crippen LogP contribution in [-0.2, 0) is 38.1 Å². The molecule has 0 bridgehead atoms. The molecule has 1 atom stereocenters. The van der Waals surface area contributed by atoms with E-state index in [2.05, 4.69) is 41.3 Å². The number of amides is 2. The van der Waals surface area contributed by atoms with Crippen molar-refractivity contribution < 1.29 is 41.8 Å². The fourth-order valence-corrected chi connectivity index (χ4v) is 5.27. The number of nitrogens with zero attached hydrogens (tertiary/aromatic N) is 5. The Hall–Kier alpha value is -5.78. The van der Waals surface area contributed by atoms with Gasteiger partial charge in [0.2, 0.25) is 17.7 Å². The Morgan fingerprint density at radius 2 is 1.70 bits per heavy atom. The van der Waals surface area contributed by atoms with Gasteiger partial charge in [0.25, 0.3) is 11.8 Å². The molecule has 4 aromatic rings. The molecular weight excluding hydrogens is 723 g/mol. The van der Waals surface area contributed by atoms with E-state index in [1.54, 1.807) is 36.3 Å². The molecule has 0 aliphatic heterocycles. The molecule has 2 aromatic heterocycles. The number of methoxy groups -OCH3 is 1. The highest BCUT2D eigenvalue weighted by Gasteiger charge is 2.45. The van der Waals surface area contributed by atoms with Crippen LogP contribution in [0.15, 0.2) is 60.9 Å². The van der Waals surface area contributed by atoms with Gasteiger partial charge in [-0.05, 0) is 73.2 Å². The van der Waals surface area contributed by atoms with Gasteiger partial charge in [-0.3, -0.25) is 19.1 Å². The molecule has 4 N–H and O–H groups in total. The molecular formula is C34H35ClF3N9O6. The summed E-state index contributed by atoms with van der Waals surface area (Å²) in [5, 5.41) is 15.7. The predicted octanol–water partition coefficient (Wildman–Crippen LogP) is 4.02. The van der Waals surface area contributed by atoms with Gasteiger partial charge in [0.05, 0.1) is 18.8 Å². The number of anilines is 3. The lowest BCUT2D eigenvalue weighted by atomic mass is 10.1. The smallest absolute Gasteiger partial charge is 0.422 e. The summed E-state index contributed by atoms with van der Waals surface area (Å²) in [6.07, 6.45) is 0.162. The number of alkyl halides is 3. The number of benzene rings is 2. The van der Waals surface area contributed by atoms with Crippen LogP contribution in [0.25, 0.3) is 0 Å². The number of hydrogen-bond donors (Lipinski definition) is 4. The molecule has 53 heavy (non-hydrogen) atoms. The van der Waals surface area contributed by atoms with Crippen molar-refractivity contribution in [1.29, 1.82) is 0 Å². The molecule has 1 fully saturated rings. The van der Waals surface area contributed by atoms with Crippen molar-refractivity contribution in [2.75, 3.05) is 30.9 Å². The van der Waals surface area contributed by atoms with Crippen molar-refractivity contribution in [3.63, 3.8) is 0 Å². The normalized spacial score (nSPS) is 13.7. The fourth-order valence-electron chi connectivity index (χ4n) is 5.15. The van der Waals surface area contributed by atoms with E-state index in [4.69, 9.17) is 21.1 Å². The Kier molecular flexibility index (Phi) is 12.1. The number of carbonyl (C=O) groups excluding carboxylic acids is 4. The summed E-state index contributed by atoms with van der Waals surface area (Å²) in [4.78, 5) is 62.5. The molecule has 2 aromatic carbocycles. The van der Waals surface area contributed by atoms with Gasteiger partial charge in [0.1, 0.15) is 6.04 Å². The van der Waals surface area contributed by atoms with Crippen molar-refractivity contribution in [1.82, 2.24) is 35.4 Å². The minimum absolute atomic E-state index is 0.0299. The van der Waals surface area contributed by atoms with Crippen molar-refractivity contribution in [2.24, 2.45) is 7.05 Å². The number of ether oxygens (including phenoxy) is 2. The van der Waals surface area contributed by atoms with Gasteiger partial charge < -0.3 is 30.7 Å². The second-order valence-electron chi connectivity index (χ2n) is 12.1. The van der Waals surface area contributed by atoms with Crippen molar-refractivity contribution in [3.05, 3.63) is 82.6 Å². The van der Waals surface area contributed by atoms with E-state index >= 15 is 0 Å². The number of carbonyl (C=O) groups is 4. The van der Waals surface area contributed by atoms with E-state index in [1.165, 1.54) is 24.3 Å². The van der Waals surface area contributed by atoms with E-state index in [-0.39, 0.29) is 36.8 Å². The molecule has 280 valence electrons. The third kappa shape index (κ3) is 11.1. The van der Waals surface area contributed by atoms with E-state index in [0.717, 1.165) is 18.2 Å². The Bertz CT molecular complexity index is 1940. The number of esters is 1.